The SMILES string of the molecule is COC1=CC[CH]C(c2ccc(OC)cc2)=C1c1ccc(C)cc1. The summed E-state index contributed by atoms with van der Waals surface area (Å²) in [4.78, 5) is 0. The molecule has 2 aromatic carbocycles. The van der Waals surface area contributed by atoms with E-state index in [1.807, 2.05) is 12.1 Å². The molecule has 0 bridgehead atoms. The van der Waals surface area contributed by atoms with Gasteiger partial charge in [-0.2, -0.15) is 0 Å². The van der Waals surface area contributed by atoms with Gasteiger partial charge in [0.1, 0.15) is 11.5 Å². The first-order valence-corrected chi connectivity index (χ1v) is 7.76. The van der Waals surface area contributed by atoms with Gasteiger partial charge in [-0.25, -0.2) is 0 Å². The minimum Gasteiger partial charge on any atom is -0.497 e. The molecular weight excluding hydrogens is 284 g/mol. The molecule has 1 radical (unpaired) electrons. The first-order valence-electron chi connectivity index (χ1n) is 7.76. The second-order valence-electron chi connectivity index (χ2n) is 5.60. The highest BCUT2D eigenvalue weighted by Crippen LogP contribution is 2.38. The third-order valence-electron chi connectivity index (χ3n) is 4.10. The molecule has 0 saturated heterocycles. The van der Waals surface area contributed by atoms with Gasteiger partial charge in [0.05, 0.1) is 14.2 Å². The van der Waals surface area contributed by atoms with Gasteiger partial charge in [0.25, 0.3) is 0 Å². The first kappa shape index (κ1) is 15.4. The van der Waals surface area contributed by atoms with Gasteiger partial charge in [-0.05, 0) is 54.7 Å². The number of hydrogen-bond donors (Lipinski definition) is 0. The average Bonchev–Trinajstić information content (AvgIpc) is 2.62. The number of allylic oxidation sites excluding steroid dienone is 3. The van der Waals surface area contributed by atoms with Crippen LogP contribution in [0.3, 0.4) is 0 Å². The molecule has 1 aliphatic rings. The van der Waals surface area contributed by atoms with E-state index in [0.717, 1.165) is 23.5 Å². The van der Waals surface area contributed by atoms with Crippen LogP contribution in [0.25, 0.3) is 11.1 Å². The first-order chi connectivity index (χ1) is 11.2. The van der Waals surface area contributed by atoms with Crippen LogP contribution < -0.4 is 4.74 Å². The van der Waals surface area contributed by atoms with Crippen molar-refractivity contribution in [1.29, 1.82) is 0 Å². The van der Waals surface area contributed by atoms with Crippen molar-refractivity contribution in [3.63, 3.8) is 0 Å². The van der Waals surface area contributed by atoms with E-state index in [4.69, 9.17) is 9.47 Å². The van der Waals surface area contributed by atoms with E-state index in [-0.39, 0.29) is 0 Å². The van der Waals surface area contributed by atoms with Gasteiger partial charge in [-0.15, -0.1) is 0 Å². The Morgan fingerprint density at radius 1 is 0.783 bits per heavy atom. The van der Waals surface area contributed by atoms with Crippen LogP contribution in [-0.2, 0) is 4.74 Å². The zero-order valence-electron chi connectivity index (χ0n) is 13.8. The molecule has 0 aromatic heterocycles. The lowest BCUT2D eigenvalue weighted by molar-refractivity contribution is 0.309. The van der Waals surface area contributed by atoms with E-state index < -0.39 is 0 Å². The number of benzene rings is 2. The monoisotopic (exact) mass is 305 g/mol. The molecule has 0 amide bonds. The third-order valence-corrected chi connectivity index (χ3v) is 4.10. The van der Waals surface area contributed by atoms with Crippen LogP contribution in [0.15, 0.2) is 60.4 Å². The largest absolute Gasteiger partial charge is 0.497 e. The molecule has 0 unspecified atom stereocenters. The van der Waals surface area contributed by atoms with Crippen LogP contribution in [0, 0.1) is 13.3 Å². The zero-order chi connectivity index (χ0) is 16.2. The molecule has 1 aliphatic carbocycles. The van der Waals surface area contributed by atoms with Crippen molar-refractivity contribution in [2.75, 3.05) is 14.2 Å². The highest BCUT2D eigenvalue weighted by Gasteiger charge is 2.20. The maximum atomic E-state index is 5.64. The van der Waals surface area contributed by atoms with Crippen molar-refractivity contribution in [2.45, 2.75) is 13.3 Å². The van der Waals surface area contributed by atoms with Crippen molar-refractivity contribution in [3.8, 4) is 5.75 Å². The summed E-state index contributed by atoms with van der Waals surface area (Å²) in [7, 11) is 3.42. The van der Waals surface area contributed by atoms with Crippen LogP contribution >= 0.6 is 0 Å². The van der Waals surface area contributed by atoms with Crippen molar-refractivity contribution in [3.05, 3.63) is 83.5 Å². The molecule has 23 heavy (non-hydrogen) atoms. The Bertz CT molecular complexity index is 734. The van der Waals surface area contributed by atoms with E-state index in [1.165, 1.54) is 22.3 Å². The van der Waals surface area contributed by atoms with Crippen LogP contribution in [0.5, 0.6) is 5.75 Å². The number of hydrogen-bond acceptors (Lipinski definition) is 2. The number of aryl methyl sites for hydroxylation is 1. The lowest BCUT2D eigenvalue weighted by Crippen LogP contribution is -2.03. The van der Waals surface area contributed by atoms with Crippen molar-refractivity contribution in [1.82, 2.24) is 0 Å². The third kappa shape index (κ3) is 3.16. The molecule has 117 valence electrons. The fourth-order valence-electron chi connectivity index (χ4n) is 2.86. The highest BCUT2D eigenvalue weighted by atomic mass is 16.5. The van der Waals surface area contributed by atoms with Crippen LogP contribution in [0.2, 0.25) is 0 Å². The van der Waals surface area contributed by atoms with Crippen LogP contribution in [0.4, 0.5) is 0 Å². The van der Waals surface area contributed by atoms with Crippen LogP contribution in [0.1, 0.15) is 23.1 Å². The Hall–Kier alpha value is -2.48. The summed E-state index contributed by atoms with van der Waals surface area (Å²) < 4.78 is 10.9. The zero-order valence-corrected chi connectivity index (χ0v) is 13.8. The smallest absolute Gasteiger partial charge is 0.123 e. The molecule has 0 saturated carbocycles. The molecular formula is C21H21O2. The molecule has 2 aromatic rings. The normalized spacial score (nSPS) is 14.5. The molecule has 0 atom stereocenters. The average molecular weight is 305 g/mol. The maximum absolute atomic E-state index is 5.64. The van der Waals surface area contributed by atoms with E-state index in [9.17, 15) is 0 Å². The molecule has 0 spiro atoms. The number of methoxy groups -OCH3 is 2. The maximum Gasteiger partial charge on any atom is 0.123 e. The second kappa shape index (κ2) is 6.74. The van der Waals surface area contributed by atoms with Gasteiger partial charge >= 0.3 is 0 Å². The summed E-state index contributed by atoms with van der Waals surface area (Å²) in [5.41, 5.74) is 5.94. The molecule has 0 heterocycles. The lowest BCUT2D eigenvalue weighted by atomic mass is 9.86. The van der Waals surface area contributed by atoms with Crippen molar-refractivity contribution in [2.24, 2.45) is 0 Å². The van der Waals surface area contributed by atoms with Gasteiger partial charge in [0.2, 0.25) is 0 Å². The molecule has 2 heteroatoms. The summed E-state index contributed by atoms with van der Waals surface area (Å²) in [6.07, 6.45) is 5.25. The lowest BCUT2D eigenvalue weighted by Gasteiger charge is -2.22. The van der Waals surface area contributed by atoms with Gasteiger partial charge in [-0.1, -0.05) is 42.0 Å². The molecule has 2 nitrogen and oxygen atoms in total. The Morgan fingerprint density at radius 2 is 1.43 bits per heavy atom. The quantitative estimate of drug-likeness (QED) is 0.786. The second-order valence-corrected chi connectivity index (χ2v) is 5.60. The standard InChI is InChI=1S/C21H21O2/c1-15-7-9-17(10-8-15)21-19(5-4-6-20(21)23-3)16-11-13-18(22-2)14-12-16/h5-14H,4H2,1-3H3. The minimum atomic E-state index is 0.865. The fraction of sp³-hybridized carbons (Fsp3) is 0.190. The molecule has 0 aliphatic heterocycles. The summed E-state index contributed by atoms with van der Waals surface area (Å²) in [5.74, 6) is 1.80. The van der Waals surface area contributed by atoms with Gasteiger partial charge < -0.3 is 9.47 Å². The van der Waals surface area contributed by atoms with E-state index >= 15 is 0 Å². The Morgan fingerprint density at radius 3 is 2.04 bits per heavy atom. The summed E-state index contributed by atoms with van der Waals surface area (Å²) >= 11 is 0. The van der Waals surface area contributed by atoms with E-state index in [0.29, 0.717) is 0 Å². The van der Waals surface area contributed by atoms with Crippen molar-refractivity contribution >= 4 is 11.1 Å². The topological polar surface area (TPSA) is 18.5 Å². The Kier molecular flexibility index (Phi) is 4.52. The fourth-order valence-corrected chi connectivity index (χ4v) is 2.86. The summed E-state index contributed by atoms with van der Waals surface area (Å²) in [6.45, 7) is 2.10. The summed E-state index contributed by atoms with van der Waals surface area (Å²) in [5, 5.41) is 0. The predicted octanol–water partition coefficient (Wildman–Crippen LogP) is 5.05. The van der Waals surface area contributed by atoms with Crippen molar-refractivity contribution < 1.29 is 9.47 Å². The van der Waals surface area contributed by atoms with E-state index in [2.05, 4.69) is 55.8 Å². The predicted molar refractivity (Wildman–Crippen MR) is 95.0 cm³/mol. The minimum absolute atomic E-state index is 0.865. The van der Waals surface area contributed by atoms with Gasteiger partial charge in [-0.3, -0.25) is 0 Å². The Balaban J connectivity index is 2.13. The molecule has 0 N–H and O–H groups in total. The van der Waals surface area contributed by atoms with Gasteiger partial charge in [0, 0.05) is 5.57 Å². The molecule has 0 fully saturated rings. The highest BCUT2D eigenvalue weighted by molar-refractivity contribution is 6.01. The number of ether oxygens (including phenoxy) is 2. The van der Waals surface area contributed by atoms with Gasteiger partial charge in [0.15, 0.2) is 0 Å². The number of rotatable bonds is 4. The Labute approximate surface area is 138 Å². The summed E-state index contributed by atoms with van der Waals surface area (Å²) in [6, 6.07) is 16.8. The molecule has 3 rings (SSSR count). The van der Waals surface area contributed by atoms with Crippen LogP contribution in [-0.4, -0.2) is 14.2 Å². The van der Waals surface area contributed by atoms with E-state index in [1.54, 1.807) is 14.2 Å².